The number of aryl methyl sites for hydroxylation is 2. The van der Waals surface area contributed by atoms with Crippen molar-refractivity contribution in [1.29, 1.82) is 0 Å². The summed E-state index contributed by atoms with van der Waals surface area (Å²) in [5.74, 6) is 0.331. The zero-order chi connectivity index (χ0) is 16.8. The van der Waals surface area contributed by atoms with E-state index in [1.807, 2.05) is 30.3 Å². The quantitative estimate of drug-likeness (QED) is 0.627. The Morgan fingerprint density at radius 1 is 0.750 bits per heavy atom. The number of rotatable bonds is 7. The number of benzene rings is 3. The molecule has 2 N–H and O–H groups in total. The lowest BCUT2D eigenvalue weighted by molar-refractivity contribution is -0.119. The first kappa shape index (κ1) is 16.3. The Morgan fingerprint density at radius 2 is 1.46 bits per heavy atom. The molecule has 122 valence electrons. The lowest BCUT2D eigenvalue weighted by atomic mass is 9.98. The van der Waals surface area contributed by atoms with E-state index in [4.69, 9.17) is 5.73 Å². The van der Waals surface area contributed by atoms with Crippen LogP contribution >= 0.6 is 0 Å². The highest BCUT2D eigenvalue weighted by molar-refractivity contribution is 5.86. The number of para-hydroxylation sites is 1. The van der Waals surface area contributed by atoms with Crippen LogP contribution in [-0.4, -0.2) is 5.78 Å². The van der Waals surface area contributed by atoms with E-state index in [9.17, 15) is 4.79 Å². The van der Waals surface area contributed by atoms with Crippen LogP contribution in [-0.2, 0) is 17.6 Å². The summed E-state index contributed by atoms with van der Waals surface area (Å²) in [5.41, 5.74) is 9.16. The maximum atomic E-state index is 12.2. The average Bonchev–Trinajstić information content (AvgIpc) is 2.61. The van der Waals surface area contributed by atoms with Crippen LogP contribution in [0.5, 0.6) is 0 Å². The summed E-state index contributed by atoms with van der Waals surface area (Å²) in [4.78, 5) is 12.2. The zero-order valence-corrected chi connectivity index (χ0v) is 13.9. The largest absolute Gasteiger partial charge is 0.399 e. The molecular formula is C22H23NO. The molecule has 0 spiro atoms. The molecule has 0 saturated carbocycles. The number of hydrogen-bond donors (Lipinski definition) is 1. The molecule has 0 aliphatic heterocycles. The van der Waals surface area contributed by atoms with Gasteiger partial charge in [-0.1, -0.05) is 60.7 Å². The Labute approximate surface area is 143 Å². The molecule has 3 aromatic rings. The van der Waals surface area contributed by atoms with E-state index in [-0.39, 0.29) is 0 Å². The molecular weight excluding hydrogens is 294 g/mol. The number of ketones is 1. The van der Waals surface area contributed by atoms with E-state index < -0.39 is 0 Å². The molecule has 0 aliphatic rings. The molecule has 0 aliphatic carbocycles. The fraction of sp³-hybridized carbons (Fsp3) is 0.227. The molecule has 0 radical (unpaired) electrons. The molecule has 3 aromatic carbocycles. The molecule has 0 fully saturated rings. The van der Waals surface area contributed by atoms with Crippen LogP contribution < -0.4 is 5.73 Å². The number of nitrogen functional groups attached to an aromatic ring is 1. The molecule has 0 unspecified atom stereocenters. The van der Waals surface area contributed by atoms with Gasteiger partial charge in [-0.15, -0.1) is 0 Å². The van der Waals surface area contributed by atoms with Gasteiger partial charge in [-0.05, 0) is 47.2 Å². The molecule has 0 aromatic heterocycles. The second kappa shape index (κ2) is 7.78. The highest BCUT2D eigenvalue weighted by Crippen LogP contribution is 2.20. The summed E-state index contributed by atoms with van der Waals surface area (Å²) in [6, 6.07) is 22.5. The number of carbonyl (C=O) groups is 1. The van der Waals surface area contributed by atoms with Crippen molar-refractivity contribution in [2.45, 2.75) is 32.1 Å². The Morgan fingerprint density at radius 3 is 2.33 bits per heavy atom. The minimum Gasteiger partial charge on any atom is -0.399 e. The zero-order valence-electron chi connectivity index (χ0n) is 13.9. The predicted octanol–water partition coefficient (Wildman–Crippen LogP) is 4.95. The van der Waals surface area contributed by atoms with Gasteiger partial charge in [-0.3, -0.25) is 4.79 Å². The fourth-order valence-electron chi connectivity index (χ4n) is 3.15. The van der Waals surface area contributed by atoms with Gasteiger partial charge in [0.2, 0.25) is 0 Å². The van der Waals surface area contributed by atoms with Crippen LogP contribution in [0.1, 0.15) is 30.4 Å². The van der Waals surface area contributed by atoms with Crippen molar-refractivity contribution in [2.75, 3.05) is 5.73 Å². The number of hydrogen-bond acceptors (Lipinski definition) is 2. The van der Waals surface area contributed by atoms with Gasteiger partial charge in [-0.2, -0.15) is 0 Å². The van der Waals surface area contributed by atoms with Crippen molar-refractivity contribution in [3.63, 3.8) is 0 Å². The Balaban J connectivity index is 1.51. The topological polar surface area (TPSA) is 43.1 Å². The molecule has 3 rings (SSSR count). The molecule has 0 bridgehead atoms. The van der Waals surface area contributed by atoms with E-state index in [1.54, 1.807) is 0 Å². The molecule has 0 amide bonds. The van der Waals surface area contributed by atoms with Crippen LogP contribution in [0, 0.1) is 0 Å². The molecule has 24 heavy (non-hydrogen) atoms. The SMILES string of the molecule is Nc1ccccc1CCCC(=O)CCc1cccc2ccccc12. The van der Waals surface area contributed by atoms with Gasteiger partial charge in [0, 0.05) is 18.5 Å². The normalized spacial score (nSPS) is 10.8. The Kier molecular flexibility index (Phi) is 5.27. The van der Waals surface area contributed by atoms with Gasteiger partial charge in [0.25, 0.3) is 0 Å². The number of carbonyl (C=O) groups excluding carboxylic acids is 1. The Bertz CT molecular complexity index is 833. The van der Waals surface area contributed by atoms with Crippen LogP contribution in [0.3, 0.4) is 0 Å². The van der Waals surface area contributed by atoms with E-state index in [2.05, 4.69) is 36.4 Å². The third kappa shape index (κ3) is 4.02. The smallest absolute Gasteiger partial charge is 0.133 e. The van der Waals surface area contributed by atoms with Crippen molar-refractivity contribution >= 4 is 22.2 Å². The Hall–Kier alpha value is -2.61. The third-order valence-electron chi connectivity index (χ3n) is 4.51. The van der Waals surface area contributed by atoms with Crippen LogP contribution in [0.4, 0.5) is 5.69 Å². The fourth-order valence-corrected chi connectivity index (χ4v) is 3.15. The number of anilines is 1. The van der Waals surface area contributed by atoms with E-state index in [0.29, 0.717) is 18.6 Å². The second-order valence-corrected chi connectivity index (χ2v) is 6.23. The highest BCUT2D eigenvalue weighted by atomic mass is 16.1. The standard InChI is InChI=1S/C22H23NO/c23-22-14-4-2-8-19(22)11-6-12-20(24)16-15-18-10-5-9-17-7-1-3-13-21(17)18/h1-5,7-10,13-14H,6,11-12,15-16,23H2. The van der Waals surface area contributed by atoms with Gasteiger partial charge in [0.15, 0.2) is 0 Å². The van der Waals surface area contributed by atoms with E-state index in [1.165, 1.54) is 16.3 Å². The average molecular weight is 317 g/mol. The number of Topliss-reactive ketones (excluding diaryl/α,β-unsaturated/α-hetero) is 1. The van der Waals surface area contributed by atoms with Crippen molar-refractivity contribution in [3.05, 3.63) is 77.9 Å². The van der Waals surface area contributed by atoms with Crippen molar-refractivity contribution in [1.82, 2.24) is 0 Å². The van der Waals surface area contributed by atoms with Crippen LogP contribution in [0.2, 0.25) is 0 Å². The highest BCUT2D eigenvalue weighted by Gasteiger charge is 2.06. The summed E-state index contributed by atoms with van der Waals surface area (Å²) >= 11 is 0. The molecule has 2 heteroatoms. The maximum absolute atomic E-state index is 12.2. The lowest BCUT2D eigenvalue weighted by Gasteiger charge is -2.07. The minimum absolute atomic E-state index is 0.331. The number of nitrogens with two attached hydrogens (primary N) is 1. The molecule has 0 saturated heterocycles. The number of fused-ring (bicyclic) bond motifs is 1. The van der Waals surface area contributed by atoms with E-state index >= 15 is 0 Å². The first-order valence-electron chi connectivity index (χ1n) is 8.56. The first-order chi connectivity index (χ1) is 11.7. The van der Waals surface area contributed by atoms with Gasteiger partial charge < -0.3 is 5.73 Å². The van der Waals surface area contributed by atoms with Crippen LogP contribution in [0.15, 0.2) is 66.7 Å². The van der Waals surface area contributed by atoms with Crippen molar-refractivity contribution in [3.8, 4) is 0 Å². The summed E-state index contributed by atoms with van der Waals surface area (Å²) < 4.78 is 0. The second-order valence-electron chi connectivity index (χ2n) is 6.23. The monoisotopic (exact) mass is 317 g/mol. The first-order valence-corrected chi connectivity index (χ1v) is 8.56. The summed E-state index contributed by atoms with van der Waals surface area (Å²) in [6.07, 6.45) is 3.78. The van der Waals surface area contributed by atoms with Crippen LogP contribution in [0.25, 0.3) is 10.8 Å². The summed E-state index contributed by atoms with van der Waals surface area (Å²) in [7, 11) is 0. The van der Waals surface area contributed by atoms with Gasteiger partial charge in [0.1, 0.15) is 5.78 Å². The minimum atomic E-state index is 0.331. The lowest BCUT2D eigenvalue weighted by Crippen LogP contribution is -2.02. The predicted molar refractivity (Wildman–Crippen MR) is 101 cm³/mol. The van der Waals surface area contributed by atoms with Gasteiger partial charge in [-0.25, -0.2) is 0 Å². The van der Waals surface area contributed by atoms with E-state index in [0.717, 1.165) is 30.5 Å². The maximum Gasteiger partial charge on any atom is 0.133 e. The summed E-state index contributed by atoms with van der Waals surface area (Å²) in [6.45, 7) is 0. The van der Waals surface area contributed by atoms with Gasteiger partial charge >= 0.3 is 0 Å². The molecule has 0 atom stereocenters. The summed E-state index contributed by atoms with van der Waals surface area (Å²) in [5, 5.41) is 2.49. The third-order valence-corrected chi connectivity index (χ3v) is 4.51. The molecule has 0 heterocycles. The molecule has 2 nitrogen and oxygen atoms in total. The van der Waals surface area contributed by atoms with Gasteiger partial charge in [0.05, 0.1) is 0 Å². The van der Waals surface area contributed by atoms with Crippen molar-refractivity contribution in [2.24, 2.45) is 0 Å². The van der Waals surface area contributed by atoms with Crippen molar-refractivity contribution < 1.29 is 4.79 Å².